The number of aryl methyl sites for hydroxylation is 1. The van der Waals surface area contributed by atoms with Crippen LogP contribution >= 0.6 is 0 Å². The zero-order valence-electron chi connectivity index (χ0n) is 13.8. The molecule has 136 valence electrons. The lowest BCUT2D eigenvalue weighted by Gasteiger charge is -2.09. The predicted octanol–water partition coefficient (Wildman–Crippen LogP) is 4.08. The average Bonchev–Trinajstić information content (AvgIpc) is 3.05. The summed E-state index contributed by atoms with van der Waals surface area (Å²) >= 11 is 0. The summed E-state index contributed by atoms with van der Waals surface area (Å²) < 4.78 is 43.3. The van der Waals surface area contributed by atoms with Crippen LogP contribution in [0.15, 0.2) is 48.5 Å². The second kappa shape index (κ2) is 7.47. The number of hydrogen-bond donors (Lipinski definition) is 2. The molecule has 26 heavy (non-hydrogen) atoms. The van der Waals surface area contributed by atoms with Crippen molar-refractivity contribution < 1.29 is 17.9 Å². The van der Waals surface area contributed by atoms with Crippen LogP contribution < -0.4 is 10.5 Å². The Labute approximate surface area is 148 Å². The number of nitrogens with zero attached hydrogens (tertiary/aromatic N) is 2. The molecule has 0 aliphatic rings. The van der Waals surface area contributed by atoms with Gasteiger partial charge in [-0.3, -0.25) is 0 Å². The number of rotatable bonds is 6. The summed E-state index contributed by atoms with van der Waals surface area (Å²) in [5.41, 5.74) is 7.30. The van der Waals surface area contributed by atoms with Crippen molar-refractivity contribution in [1.82, 2.24) is 15.4 Å². The SMILES string of the molecule is Nc1[nH]nnc1-c1cccc(OCCCc2ccc(C(F)(F)F)cc2)c1. The van der Waals surface area contributed by atoms with Gasteiger partial charge in [0, 0.05) is 5.56 Å². The van der Waals surface area contributed by atoms with Gasteiger partial charge < -0.3 is 10.5 Å². The van der Waals surface area contributed by atoms with Gasteiger partial charge >= 0.3 is 6.18 Å². The van der Waals surface area contributed by atoms with Crippen molar-refractivity contribution >= 4 is 5.82 Å². The van der Waals surface area contributed by atoms with Crippen LogP contribution in [0.4, 0.5) is 19.0 Å². The number of alkyl halides is 3. The van der Waals surface area contributed by atoms with Gasteiger partial charge in [0.2, 0.25) is 0 Å². The van der Waals surface area contributed by atoms with Gasteiger partial charge in [-0.1, -0.05) is 29.5 Å². The Hall–Kier alpha value is -3.03. The molecule has 0 radical (unpaired) electrons. The molecule has 1 aromatic heterocycles. The van der Waals surface area contributed by atoms with Gasteiger partial charge in [0.1, 0.15) is 17.3 Å². The summed E-state index contributed by atoms with van der Waals surface area (Å²) in [5, 5.41) is 10.1. The van der Waals surface area contributed by atoms with Gasteiger partial charge in [0.05, 0.1) is 12.2 Å². The second-order valence-corrected chi connectivity index (χ2v) is 5.75. The molecule has 0 spiro atoms. The summed E-state index contributed by atoms with van der Waals surface area (Å²) in [4.78, 5) is 0. The molecule has 0 aliphatic heterocycles. The third-order valence-corrected chi connectivity index (χ3v) is 3.84. The molecule has 2 aromatic carbocycles. The maximum Gasteiger partial charge on any atom is 0.416 e. The first-order chi connectivity index (χ1) is 12.4. The van der Waals surface area contributed by atoms with Crippen molar-refractivity contribution in [2.24, 2.45) is 0 Å². The fraction of sp³-hybridized carbons (Fsp3) is 0.222. The topological polar surface area (TPSA) is 76.8 Å². The first kappa shape index (κ1) is 17.8. The Bertz CT molecular complexity index is 859. The van der Waals surface area contributed by atoms with Gasteiger partial charge in [0.15, 0.2) is 0 Å². The molecule has 3 rings (SSSR count). The largest absolute Gasteiger partial charge is 0.494 e. The van der Waals surface area contributed by atoms with E-state index in [0.717, 1.165) is 23.3 Å². The Morgan fingerprint density at radius 3 is 2.50 bits per heavy atom. The van der Waals surface area contributed by atoms with E-state index in [1.54, 1.807) is 0 Å². The van der Waals surface area contributed by atoms with Gasteiger partial charge in [-0.2, -0.15) is 13.2 Å². The third-order valence-electron chi connectivity index (χ3n) is 3.84. The van der Waals surface area contributed by atoms with Crippen LogP contribution in [0, 0.1) is 0 Å². The number of benzene rings is 2. The lowest BCUT2D eigenvalue weighted by molar-refractivity contribution is -0.137. The molecule has 3 N–H and O–H groups in total. The first-order valence-corrected chi connectivity index (χ1v) is 7.99. The highest BCUT2D eigenvalue weighted by molar-refractivity contribution is 5.70. The van der Waals surface area contributed by atoms with Gasteiger partial charge in [-0.15, -0.1) is 5.10 Å². The molecule has 5 nitrogen and oxygen atoms in total. The summed E-state index contributed by atoms with van der Waals surface area (Å²) in [7, 11) is 0. The molecule has 0 fully saturated rings. The Morgan fingerprint density at radius 2 is 1.85 bits per heavy atom. The molecule has 0 saturated heterocycles. The molecule has 3 aromatic rings. The van der Waals surface area contributed by atoms with E-state index < -0.39 is 11.7 Å². The number of nitrogens with two attached hydrogens (primary N) is 1. The molecule has 0 atom stereocenters. The highest BCUT2D eigenvalue weighted by Gasteiger charge is 2.29. The summed E-state index contributed by atoms with van der Waals surface area (Å²) in [6, 6.07) is 12.5. The highest BCUT2D eigenvalue weighted by Crippen LogP contribution is 2.29. The predicted molar refractivity (Wildman–Crippen MR) is 91.5 cm³/mol. The zero-order valence-corrected chi connectivity index (χ0v) is 13.8. The van der Waals surface area contributed by atoms with Crippen LogP contribution in [0.25, 0.3) is 11.3 Å². The maximum absolute atomic E-state index is 12.5. The van der Waals surface area contributed by atoms with Gasteiger partial charge in [0.25, 0.3) is 0 Å². The number of H-pyrrole nitrogens is 1. The number of halogens is 3. The van der Waals surface area contributed by atoms with Crippen molar-refractivity contribution in [2.75, 3.05) is 12.3 Å². The van der Waals surface area contributed by atoms with Crippen LogP contribution in [0.5, 0.6) is 5.75 Å². The number of nitrogen functional groups attached to an aromatic ring is 1. The summed E-state index contributed by atoms with van der Waals surface area (Å²) in [5.74, 6) is 1.04. The Morgan fingerprint density at radius 1 is 1.08 bits per heavy atom. The third kappa shape index (κ3) is 4.33. The van der Waals surface area contributed by atoms with E-state index in [9.17, 15) is 13.2 Å². The normalized spacial score (nSPS) is 11.5. The molecule has 0 aliphatic carbocycles. The van der Waals surface area contributed by atoms with E-state index in [-0.39, 0.29) is 0 Å². The van der Waals surface area contributed by atoms with E-state index in [0.29, 0.717) is 36.7 Å². The first-order valence-electron chi connectivity index (χ1n) is 7.99. The van der Waals surface area contributed by atoms with Crippen molar-refractivity contribution in [3.8, 4) is 17.0 Å². The second-order valence-electron chi connectivity index (χ2n) is 5.75. The lowest BCUT2D eigenvalue weighted by atomic mass is 10.1. The van der Waals surface area contributed by atoms with E-state index in [2.05, 4.69) is 15.4 Å². The maximum atomic E-state index is 12.5. The van der Waals surface area contributed by atoms with Crippen LogP contribution in [0.2, 0.25) is 0 Å². The molecule has 0 bridgehead atoms. The summed E-state index contributed by atoms with van der Waals surface area (Å²) in [6.45, 7) is 0.443. The van der Waals surface area contributed by atoms with Crippen LogP contribution in [0.3, 0.4) is 0 Å². The quantitative estimate of drug-likeness (QED) is 0.648. The molecular formula is C18H17F3N4O. The van der Waals surface area contributed by atoms with E-state index >= 15 is 0 Å². The number of nitrogens with one attached hydrogen (secondary N) is 1. The Balaban J connectivity index is 1.52. The number of aromatic amines is 1. The number of anilines is 1. The standard InChI is InChI=1S/C18H17F3N4O/c19-18(20,21)14-8-6-12(7-9-14)3-2-10-26-15-5-1-4-13(11-15)16-17(22)24-25-23-16/h1,4-9,11H,2-3,10H2,(H3,22,23,24,25). The average molecular weight is 362 g/mol. The number of ether oxygens (including phenoxy) is 1. The molecular weight excluding hydrogens is 345 g/mol. The minimum Gasteiger partial charge on any atom is -0.494 e. The molecule has 0 saturated carbocycles. The van der Waals surface area contributed by atoms with Crippen LogP contribution in [-0.2, 0) is 12.6 Å². The molecule has 0 amide bonds. The van der Waals surface area contributed by atoms with Crippen molar-refractivity contribution in [1.29, 1.82) is 0 Å². The minimum atomic E-state index is -4.31. The number of aromatic nitrogens is 3. The van der Waals surface area contributed by atoms with Crippen molar-refractivity contribution in [2.45, 2.75) is 19.0 Å². The smallest absolute Gasteiger partial charge is 0.416 e. The van der Waals surface area contributed by atoms with Crippen molar-refractivity contribution in [3.63, 3.8) is 0 Å². The monoisotopic (exact) mass is 362 g/mol. The van der Waals surface area contributed by atoms with E-state index in [4.69, 9.17) is 10.5 Å². The van der Waals surface area contributed by atoms with E-state index in [1.165, 1.54) is 12.1 Å². The lowest BCUT2D eigenvalue weighted by Crippen LogP contribution is -2.05. The fourth-order valence-corrected chi connectivity index (χ4v) is 2.51. The minimum absolute atomic E-state index is 0.379. The van der Waals surface area contributed by atoms with Gasteiger partial charge in [-0.05, 0) is 42.7 Å². The Kier molecular flexibility index (Phi) is 5.11. The van der Waals surface area contributed by atoms with Crippen LogP contribution in [-0.4, -0.2) is 22.0 Å². The van der Waals surface area contributed by atoms with Crippen LogP contribution in [0.1, 0.15) is 17.5 Å². The fourth-order valence-electron chi connectivity index (χ4n) is 2.51. The zero-order chi connectivity index (χ0) is 18.6. The molecule has 1 heterocycles. The number of hydrogen-bond acceptors (Lipinski definition) is 4. The summed E-state index contributed by atoms with van der Waals surface area (Å²) in [6.07, 6.45) is -2.99. The highest BCUT2D eigenvalue weighted by atomic mass is 19.4. The van der Waals surface area contributed by atoms with Gasteiger partial charge in [-0.25, -0.2) is 5.10 Å². The van der Waals surface area contributed by atoms with Crippen molar-refractivity contribution in [3.05, 3.63) is 59.7 Å². The van der Waals surface area contributed by atoms with E-state index in [1.807, 2.05) is 24.3 Å². The molecule has 8 heteroatoms. The molecule has 0 unspecified atom stereocenters.